The van der Waals surface area contributed by atoms with Crippen LogP contribution >= 0.6 is 0 Å². The van der Waals surface area contributed by atoms with E-state index < -0.39 is 11.0 Å². The molecule has 1 unspecified atom stereocenters. The first-order chi connectivity index (χ1) is 7.77. The largest absolute Gasteiger partial charge is 0.398 e. The molecule has 0 aliphatic carbocycles. The first-order valence-electron chi connectivity index (χ1n) is 4.94. The van der Waals surface area contributed by atoms with Crippen LogP contribution in [0.15, 0.2) is 53.4 Å². The Labute approximate surface area is 96.1 Å². The van der Waals surface area contributed by atoms with E-state index in [1.54, 1.807) is 10.4 Å². The predicted octanol–water partition coefficient (Wildman–Crippen LogP) is 2.44. The highest BCUT2D eigenvalue weighted by atomic mass is 32.2. The van der Waals surface area contributed by atoms with Gasteiger partial charge in [0.25, 0.3) is 0 Å². The normalized spacial score (nSPS) is 17.8. The Kier molecular flexibility index (Phi) is 1.97. The molecular formula is C12H10N2OS. The SMILES string of the molecule is Nc1ccc2cc1S(=O)N2c1ccccc1. The molecule has 0 saturated heterocycles. The van der Waals surface area contributed by atoms with Crippen molar-refractivity contribution in [2.24, 2.45) is 0 Å². The maximum atomic E-state index is 12.2. The van der Waals surface area contributed by atoms with Crippen molar-refractivity contribution in [1.82, 2.24) is 0 Å². The minimum atomic E-state index is -1.21. The summed E-state index contributed by atoms with van der Waals surface area (Å²) in [7, 11) is -1.21. The molecule has 80 valence electrons. The van der Waals surface area contributed by atoms with E-state index >= 15 is 0 Å². The van der Waals surface area contributed by atoms with Crippen LogP contribution in [0, 0.1) is 0 Å². The summed E-state index contributed by atoms with van der Waals surface area (Å²) in [4.78, 5) is 0.696. The van der Waals surface area contributed by atoms with Gasteiger partial charge in [0.05, 0.1) is 16.3 Å². The van der Waals surface area contributed by atoms with Gasteiger partial charge in [0.1, 0.15) is 0 Å². The fraction of sp³-hybridized carbons (Fsp3) is 0. The highest BCUT2D eigenvalue weighted by Gasteiger charge is 2.27. The molecule has 1 aliphatic rings. The molecule has 16 heavy (non-hydrogen) atoms. The Morgan fingerprint density at radius 2 is 1.75 bits per heavy atom. The van der Waals surface area contributed by atoms with Crippen LogP contribution in [0.5, 0.6) is 0 Å². The summed E-state index contributed by atoms with van der Waals surface area (Å²) in [5, 5.41) is 0. The number of nitrogens with two attached hydrogens (primary N) is 1. The van der Waals surface area contributed by atoms with Crippen LogP contribution in [0.1, 0.15) is 0 Å². The van der Waals surface area contributed by atoms with Gasteiger partial charge in [-0.3, -0.25) is 4.31 Å². The van der Waals surface area contributed by atoms with E-state index in [-0.39, 0.29) is 0 Å². The monoisotopic (exact) mass is 230 g/mol. The van der Waals surface area contributed by atoms with Crippen molar-refractivity contribution in [1.29, 1.82) is 0 Å². The average Bonchev–Trinajstić information content (AvgIpc) is 2.59. The van der Waals surface area contributed by atoms with Crippen molar-refractivity contribution in [3.05, 3.63) is 48.5 Å². The predicted molar refractivity (Wildman–Crippen MR) is 65.8 cm³/mol. The van der Waals surface area contributed by atoms with Gasteiger partial charge in [-0.15, -0.1) is 0 Å². The third kappa shape index (κ3) is 1.23. The van der Waals surface area contributed by atoms with Crippen molar-refractivity contribution in [3.63, 3.8) is 0 Å². The summed E-state index contributed by atoms with van der Waals surface area (Å²) in [5.74, 6) is 0. The fourth-order valence-corrected chi connectivity index (χ4v) is 3.11. The van der Waals surface area contributed by atoms with Gasteiger partial charge < -0.3 is 5.73 Å². The van der Waals surface area contributed by atoms with Crippen molar-refractivity contribution in [2.75, 3.05) is 10.0 Å². The van der Waals surface area contributed by atoms with Crippen LogP contribution in [0.25, 0.3) is 0 Å². The quantitative estimate of drug-likeness (QED) is 0.765. The molecule has 0 spiro atoms. The molecule has 3 nitrogen and oxygen atoms in total. The van der Waals surface area contributed by atoms with E-state index in [1.807, 2.05) is 42.5 Å². The molecule has 0 aromatic heterocycles. The zero-order valence-electron chi connectivity index (χ0n) is 8.46. The second kappa shape index (κ2) is 3.35. The number of hydrogen-bond acceptors (Lipinski definition) is 2. The van der Waals surface area contributed by atoms with Gasteiger partial charge >= 0.3 is 0 Å². The van der Waals surface area contributed by atoms with Gasteiger partial charge in [-0.05, 0) is 30.3 Å². The van der Waals surface area contributed by atoms with Crippen LogP contribution < -0.4 is 10.0 Å². The Balaban J connectivity index is 2.13. The summed E-state index contributed by atoms with van der Waals surface area (Å²) >= 11 is 0. The minimum Gasteiger partial charge on any atom is -0.398 e. The number of benzene rings is 2. The molecular weight excluding hydrogens is 220 g/mol. The van der Waals surface area contributed by atoms with E-state index in [1.165, 1.54) is 0 Å². The first kappa shape index (κ1) is 9.42. The van der Waals surface area contributed by atoms with Crippen LogP contribution in [-0.4, -0.2) is 4.21 Å². The number of nitrogens with zero attached hydrogens (tertiary/aromatic N) is 1. The zero-order valence-corrected chi connectivity index (χ0v) is 9.28. The third-order valence-electron chi connectivity index (χ3n) is 2.58. The molecule has 2 N–H and O–H groups in total. The number of anilines is 3. The number of fused-ring (bicyclic) bond motifs is 2. The van der Waals surface area contributed by atoms with Gasteiger partial charge in [0, 0.05) is 5.69 Å². The molecule has 4 heteroatoms. The molecule has 2 aromatic rings. The van der Waals surface area contributed by atoms with E-state index in [4.69, 9.17) is 5.73 Å². The zero-order chi connectivity index (χ0) is 11.1. The molecule has 2 bridgehead atoms. The smallest absolute Gasteiger partial charge is 0.159 e. The lowest BCUT2D eigenvalue weighted by Gasteiger charge is -2.16. The van der Waals surface area contributed by atoms with Crippen LogP contribution in [0.3, 0.4) is 0 Å². The lowest BCUT2D eigenvalue weighted by molar-refractivity contribution is 0.685. The van der Waals surface area contributed by atoms with Crippen molar-refractivity contribution in [2.45, 2.75) is 4.90 Å². The van der Waals surface area contributed by atoms with E-state index in [2.05, 4.69) is 0 Å². The second-order valence-corrected chi connectivity index (χ2v) is 4.90. The maximum absolute atomic E-state index is 12.2. The Morgan fingerprint density at radius 3 is 2.44 bits per heavy atom. The molecule has 0 amide bonds. The topological polar surface area (TPSA) is 46.3 Å². The summed E-state index contributed by atoms with van der Waals surface area (Å²) < 4.78 is 14.0. The number of hydrogen-bond donors (Lipinski definition) is 1. The molecule has 0 radical (unpaired) electrons. The Hall–Kier alpha value is -1.81. The van der Waals surface area contributed by atoms with E-state index in [0.717, 1.165) is 11.4 Å². The summed E-state index contributed by atoms with van der Waals surface area (Å²) in [6, 6.07) is 15.2. The van der Waals surface area contributed by atoms with Gasteiger partial charge in [0.15, 0.2) is 11.0 Å². The average molecular weight is 230 g/mol. The van der Waals surface area contributed by atoms with E-state index in [9.17, 15) is 4.21 Å². The highest BCUT2D eigenvalue weighted by Crippen LogP contribution is 2.39. The maximum Gasteiger partial charge on any atom is 0.159 e. The van der Waals surface area contributed by atoms with Crippen molar-refractivity contribution < 1.29 is 4.21 Å². The van der Waals surface area contributed by atoms with Gasteiger partial charge in [0.2, 0.25) is 0 Å². The van der Waals surface area contributed by atoms with Crippen LogP contribution in [-0.2, 0) is 11.0 Å². The summed E-state index contributed by atoms with van der Waals surface area (Å²) in [6.45, 7) is 0. The van der Waals surface area contributed by atoms with Crippen LogP contribution in [0.2, 0.25) is 0 Å². The molecule has 1 atom stereocenters. The molecule has 3 rings (SSSR count). The molecule has 1 aliphatic heterocycles. The lowest BCUT2D eigenvalue weighted by atomic mass is 10.2. The summed E-state index contributed by atoms with van der Waals surface area (Å²) in [6.07, 6.45) is 0. The third-order valence-corrected chi connectivity index (χ3v) is 4.06. The second-order valence-electron chi connectivity index (χ2n) is 3.60. The van der Waals surface area contributed by atoms with Gasteiger partial charge in [-0.25, -0.2) is 4.21 Å². The number of para-hydroxylation sites is 1. The van der Waals surface area contributed by atoms with E-state index in [0.29, 0.717) is 10.6 Å². The molecule has 0 saturated carbocycles. The molecule has 0 fully saturated rings. The number of rotatable bonds is 1. The van der Waals surface area contributed by atoms with Crippen molar-refractivity contribution in [3.8, 4) is 0 Å². The standard InChI is InChI=1S/C12H10N2OS/c13-11-7-6-10-8-12(11)16(15)14(10)9-4-2-1-3-5-9/h1-8H,13H2. The molecule has 1 heterocycles. The molecule has 2 aromatic carbocycles. The van der Waals surface area contributed by atoms with Gasteiger partial charge in [-0.2, -0.15) is 0 Å². The minimum absolute atomic E-state index is 0.584. The Morgan fingerprint density at radius 1 is 1.00 bits per heavy atom. The summed E-state index contributed by atoms with van der Waals surface area (Å²) in [5.41, 5.74) is 8.20. The number of nitrogen functional groups attached to an aromatic ring is 1. The first-order valence-corrected chi connectivity index (χ1v) is 6.04. The van der Waals surface area contributed by atoms with Crippen LogP contribution in [0.4, 0.5) is 17.1 Å². The fourth-order valence-electron chi connectivity index (χ4n) is 1.80. The van der Waals surface area contributed by atoms with Crippen molar-refractivity contribution >= 4 is 28.0 Å². The highest BCUT2D eigenvalue weighted by molar-refractivity contribution is 7.87. The lowest BCUT2D eigenvalue weighted by Crippen LogP contribution is -2.14. The Bertz CT molecular complexity index is 568. The van der Waals surface area contributed by atoms with Gasteiger partial charge in [-0.1, -0.05) is 18.2 Å².